The molecule has 0 bridgehead atoms. The molecule has 0 aromatic heterocycles. The van der Waals surface area contributed by atoms with E-state index in [1.54, 1.807) is 4.90 Å². The second-order valence-electron chi connectivity index (χ2n) is 4.08. The normalized spacial score (nSPS) is 11.9. The van der Waals surface area contributed by atoms with Crippen LogP contribution in [0.4, 0.5) is 13.2 Å². The predicted molar refractivity (Wildman–Crippen MR) is 73.4 cm³/mol. The number of likely N-dealkylation sites (N-methyl/N-ethyl adjacent to an activating group) is 1. The zero-order valence-corrected chi connectivity index (χ0v) is 11.9. The van der Waals surface area contributed by atoms with E-state index in [1.807, 2.05) is 13.8 Å². The van der Waals surface area contributed by atoms with Gasteiger partial charge in [-0.3, -0.25) is 4.79 Å². The van der Waals surface area contributed by atoms with Crippen molar-refractivity contribution in [1.82, 2.24) is 4.90 Å². The van der Waals surface area contributed by atoms with Crippen LogP contribution in [0.5, 0.6) is 0 Å². The van der Waals surface area contributed by atoms with Crippen LogP contribution in [-0.4, -0.2) is 23.9 Å². The maximum absolute atomic E-state index is 12.6. The summed E-state index contributed by atoms with van der Waals surface area (Å²) in [6, 6.07) is 3.01. The molecule has 0 unspecified atom stereocenters. The molecule has 20 heavy (non-hydrogen) atoms. The SMILES string of the molecule is CCN(CC)C(=O)C=Cc1cc(C(F)(F)F)ccc1Cl. The van der Waals surface area contributed by atoms with Crippen LogP contribution in [-0.2, 0) is 11.0 Å². The Labute approximate surface area is 120 Å². The van der Waals surface area contributed by atoms with Crippen molar-refractivity contribution in [3.8, 4) is 0 Å². The Balaban J connectivity index is 3.00. The monoisotopic (exact) mass is 305 g/mol. The van der Waals surface area contributed by atoms with Gasteiger partial charge in [0.2, 0.25) is 5.91 Å². The molecule has 0 heterocycles. The fraction of sp³-hybridized carbons (Fsp3) is 0.357. The number of benzene rings is 1. The van der Waals surface area contributed by atoms with Crippen LogP contribution in [0.25, 0.3) is 6.08 Å². The standard InChI is InChI=1S/C14H15ClF3NO/c1-3-19(4-2)13(20)8-5-10-9-11(14(16,17)18)6-7-12(10)15/h5-9H,3-4H2,1-2H3. The van der Waals surface area contributed by atoms with Crippen molar-refractivity contribution in [2.24, 2.45) is 0 Å². The average molecular weight is 306 g/mol. The van der Waals surface area contributed by atoms with Gasteiger partial charge < -0.3 is 4.90 Å². The van der Waals surface area contributed by atoms with Crippen molar-refractivity contribution in [3.05, 3.63) is 40.4 Å². The molecule has 6 heteroatoms. The summed E-state index contributed by atoms with van der Waals surface area (Å²) in [7, 11) is 0. The maximum atomic E-state index is 12.6. The molecule has 1 amide bonds. The highest BCUT2D eigenvalue weighted by Gasteiger charge is 2.30. The number of amides is 1. The van der Waals surface area contributed by atoms with Crippen molar-refractivity contribution in [3.63, 3.8) is 0 Å². The van der Waals surface area contributed by atoms with Crippen molar-refractivity contribution in [2.75, 3.05) is 13.1 Å². The lowest BCUT2D eigenvalue weighted by atomic mass is 10.1. The van der Waals surface area contributed by atoms with Gasteiger partial charge in [0.1, 0.15) is 0 Å². The molecule has 0 N–H and O–H groups in total. The van der Waals surface area contributed by atoms with E-state index >= 15 is 0 Å². The minimum absolute atomic E-state index is 0.168. The minimum Gasteiger partial charge on any atom is -0.340 e. The van der Waals surface area contributed by atoms with Crippen LogP contribution in [0.15, 0.2) is 24.3 Å². The molecule has 0 atom stereocenters. The van der Waals surface area contributed by atoms with Crippen molar-refractivity contribution >= 4 is 23.6 Å². The van der Waals surface area contributed by atoms with Crippen molar-refractivity contribution in [1.29, 1.82) is 0 Å². The highest BCUT2D eigenvalue weighted by molar-refractivity contribution is 6.32. The summed E-state index contributed by atoms with van der Waals surface area (Å²) in [5.41, 5.74) is -0.626. The molecule has 0 saturated carbocycles. The third-order valence-corrected chi connectivity index (χ3v) is 3.15. The van der Waals surface area contributed by atoms with Crippen LogP contribution in [0.1, 0.15) is 25.0 Å². The largest absolute Gasteiger partial charge is 0.416 e. The molecule has 0 aliphatic carbocycles. The molecule has 110 valence electrons. The van der Waals surface area contributed by atoms with E-state index in [9.17, 15) is 18.0 Å². The summed E-state index contributed by atoms with van der Waals surface area (Å²) in [5, 5.41) is 0.168. The molecule has 0 spiro atoms. The first-order valence-corrected chi connectivity index (χ1v) is 6.51. The zero-order chi connectivity index (χ0) is 15.3. The van der Waals surface area contributed by atoms with Crippen LogP contribution < -0.4 is 0 Å². The molecule has 0 fully saturated rings. The quantitative estimate of drug-likeness (QED) is 0.762. The van der Waals surface area contributed by atoms with Gasteiger partial charge in [-0.25, -0.2) is 0 Å². The van der Waals surface area contributed by atoms with Gasteiger partial charge in [-0.15, -0.1) is 0 Å². The summed E-state index contributed by atoms with van der Waals surface area (Å²) in [5.74, 6) is -0.261. The number of nitrogens with zero attached hydrogens (tertiary/aromatic N) is 1. The summed E-state index contributed by atoms with van der Waals surface area (Å²) in [6.07, 6.45) is -1.90. The summed E-state index contributed by atoms with van der Waals surface area (Å²) >= 11 is 5.83. The summed E-state index contributed by atoms with van der Waals surface area (Å²) < 4.78 is 37.8. The Morgan fingerprint density at radius 2 is 1.90 bits per heavy atom. The Morgan fingerprint density at radius 3 is 2.40 bits per heavy atom. The van der Waals surface area contributed by atoms with E-state index in [1.165, 1.54) is 18.2 Å². The van der Waals surface area contributed by atoms with Gasteiger partial charge in [-0.1, -0.05) is 11.6 Å². The predicted octanol–water partition coefficient (Wildman–Crippen LogP) is 4.24. The van der Waals surface area contributed by atoms with E-state index in [2.05, 4.69) is 0 Å². The topological polar surface area (TPSA) is 20.3 Å². The summed E-state index contributed by atoms with van der Waals surface area (Å²) in [6.45, 7) is 4.73. The molecule has 0 radical (unpaired) electrons. The Kier molecular flexibility index (Phi) is 5.62. The first kappa shape index (κ1) is 16.6. The maximum Gasteiger partial charge on any atom is 0.416 e. The molecule has 2 nitrogen and oxygen atoms in total. The van der Waals surface area contributed by atoms with Gasteiger partial charge in [0.25, 0.3) is 0 Å². The van der Waals surface area contributed by atoms with E-state index in [0.29, 0.717) is 13.1 Å². The summed E-state index contributed by atoms with van der Waals surface area (Å²) in [4.78, 5) is 13.3. The number of alkyl halides is 3. The van der Waals surface area contributed by atoms with Gasteiger partial charge in [-0.2, -0.15) is 13.2 Å². The second kappa shape index (κ2) is 6.79. The fourth-order valence-electron chi connectivity index (χ4n) is 1.65. The highest BCUT2D eigenvalue weighted by Crippen LogP contribution is 2.32. The van der Waals surface area contributed by atoms with Gasteiger partial charge in [0, 0.05) is 24.2 Å². The lowest BCUT2D eigenvalue weighted by Gasteiger charge is -2.16. The number of hydrogen-bond acceptors (Lipinski definition) is 1. The van der Waals surface area contributed by atoms with E-state index in [4.69, 9.17) is 11.6 Å². The third kappa shape index (κ3) is 4.27. The highest BCUT2D eigenvalue weighted by atomic mass is 35.5. The van der Waals surface area contributed by atoms with Crippen LogP contribution in [0, 0.1) is 0 Å². The molecule has 1 rings (SSSR count). The number of hydrogen-bond donors (Lipinski definition) is 0. The molecule has 0 saturated heterocycles. The van der Waals surface area contributed by atoms with Gasteiger partial charge >= 0.3 is 6.18 Å². The number of rotatable bonds is 4. The first-order chi connectivity index (χ1) is 9.29. The minimum atomic E-state index is -4.43. The Bertz CT molecular complexity index is 508. The Hall–Kier alpha value is -1.49. The van der Waals surface area contributed by atoms with E-state index < -0.39 is 11.7 Å². The molecule has 0 aliphatic rings. The molecular formula is C14H15ClF3NO. The molecular weight excluding hydrogens is 291 g/mol. The van der Waals surface area contributed by atoms with Gasteiger partial charge in [0.05, 0.1) is 5.56 Å². The fourth-order valence-corrected chi connectivity index (χ4v) is 1.83. The smallest absolute Gasteiger partial charge is 0.340 e. The van der Waals surface area contributed by atoms with E-state index in [-0.39, 0.29) is 16.5 Å². The second-order valence-corrected chi connectivity index (χ2v) is 4.49. The number of halogens is 4. The van der Waals surface area contributed by atoms with Crippen LogP contribution in [0.2, 0.25) is 5.02 Å². The average Bonchev–Trinajstić information content (AvgIpc) is 2.37. The lowest BCUT2D eigenvalue weighted by molar-refractivity contribution is -0.137. The van der Waals surface area contributed by atoms with Crippen molar-refractivity contribution < 1.29 is 18.0 Å². The van der Waals surface area contributed by atoms with E-state index in [0.717, 1.165) is 12.1 Å². The third-order valence-electron chi connectivity index (χ3n) is 2.80. The zero-order valence-electron chi connectivity index (χ0n) is 11.2. The molecule has 0 aliphatic heterocycles. The Morgan fingerprint density at radius 1 is 1.30 bits per heavy atom. The lowest BCUT2D eigenvalue weighted by Crippen LogP contribution is -2.28. The van der Waals surface area contributed by atoms with Gasteiger partial charge in [-0.05, 0) is 43.7 Å². The number of carbonyl (C=O) groups is 1. The van der Waals surface area contributed by atoms with Gasteiger partial charge in [0.15, 0.2) is 0 Å². The van der Waals surface area contributed by atoms with Crippen LogP contribution >= 0.6 is 11.6 Å². The van der Waals surface area contributed by atoms with Crippen LogP contribution in [0.3, 0.4) is 0 Å². The first-order valence-electron chi connectivity index (χ1n) is 6.13. The number of carbonyl (C=O) groups excluding carboxylic acids is 1. The molecule has 1 aromatic rings. The molecule has 1 aromatic carbocycles. The van der Waals surface area contributed by atoms with Crippen molar-refractivity contribution in [2.45, 2.75) is 20.0 Å².